The highest BCUT2D eigenvalue weighted by molar-refractivity contribution is 5.94. The van der Waals surface area contributed by atoms with Crippen LogP contribution in [0.25, 0.3) is 0 Å². The molecule has 0 bridgehead atoms. The second-order valence-electron chi connectivity index (χ2n) is 6.26. The Morgan fingerprint density at radius 3 is 2.62 bits per heavy atom. The van der Waals surface area contributed by atoms with Crippen LogP contribution in [0.4, 0.5) is 0 Å². The van der Waals surface area contributed by atoms with Gasteiger partial charge in [0, 0.05) is 5.56 Å². The number of carbonyl (C=O) groups excluding carboxylic acids is 1. The lowest BCUT2D eigenvalue weighted by Gasteiger charge is -2.32. The van der Waals surface area contributed by atoms with Gasteiger partial charge in [-0.25, -0.2) is 0 Å². The first-order valence-corrected chi connectivity index (χ1v) is 7.94. The number of amides is 1. The van der Waals surface area contributed by atoms with E-state index in [1.54, 1.807) is 0 Å². The van der Waals surface area contributed by atoms with E-state index in [0.29, 0.717) is 12.0 Å². The third-order valence-corrected chi connectivity index (χ3v) is 4.75. The number of fused-ring (bicyclic) bond motifs is 1. The fourth-order valence-electron chi connectivity index (χ4n) is 3.44. The van der Waals surface area contributed by atoms with E-state index in [2.05, 4.69) is 11.4 Å². The van der Waals surface area contributed by atoms with Crippen molar-refractivity contribution >= 4 is 5.91 Å². The lowest BCUT2D eigenvalue weighted by molar-refractivity contribution is -0.0278. The molecule has 1 amide bonds. The molecule has 21 heavy (non-hydrogen) atoms. The highest BCUT2D eigenvalue weighted by atomic mass is 16.3. The van der Waals surface area contributed by atoms with E-state index in [4.69, 9.17) is 0 Å². The Kier molecular flexibility index (Phi) is 4.27. The molecule has 0 heterocycles. The second-order valence-corrected chi connectivity index (χ2v) is 6.26. The molecule has 0 unspecified atom stereocenters. The van der Waals surface area contributed by atoms with Gasteiger partial charge in [-0.2, -0.15) is 0 Å². The number of aryl methyl sites for hydroxylation is 2. The Hall–Kier alpha value is -1.39. The summed E-state index contributed by atoms with van der Waals surface area (Å²) >= 11 is 0. The van der Waals surface area contributed by atoms with E-state index in [0.717, 1.165) is 25.7 Å². The fourth-order valence-corrected chi connectivity index (χ4v) is 3.44. The smallest absolute Gasteiger partial charge is 0.251 e. The summed E-state index contributed by atoms with van der Waals surface area (Å²) in [5.74, 6) is -0.151. The first-order chi connectivity index (χ1) is 10.1. The van der Waals surface area contributed by atoms with Crippen molar-refractivity contribution in [3.05, 3.63) is 34.9 Å². The maximum atomic E-state index is 12.3. The largest absolute Gasteiger partial charge is 0.390 e. The molecule has 2 aliphatic rings. The molecule has 0 spiro atoms. The van der Waals surface area contributed by atoms with Crippen molar-refractivity contribution in [2.75, 3.05) is 0 Å². The van der Waals surface area contributed by atoms with Crippen molar-refractivity contribution in [3.63, 3.8) is 0 Å². The van der Waals surface area contributed by atoms with Gasteiger partial charge in [0.25, 0.3) is 5.91 Å². The van der Waals surface area contributed by atoms with Gasteiger partial charge in [0.15, 0.2) is 0 Å². The van der Waals surface area contributed by atoms with Crippen LogP contribution in [0.3, 0.4) is 0 Å². The minimum atomic E-state index is -0.861. The zero-order valence-electron chi connectivity index (χ0n) is 12.2. The summed E-state index contributed by atoms with van der Waals surface area (Å²) in [4.78, 5) is 12.3. The number of hydrogen-bond donors (Lipinski definition) is 3. The van der Waals surface area contributed by atoms with Crippen molar-refractivity contribution in [2.24, 2.45) is 0 Å². The van der Waals surface area contributed by atoms with Crippen LogP contribution in [0.2, 0.25) is 0 Å². The van der Waals surface area contributed by atoms with Crippen LogP contribution in [-0.4, -0.2) is 34.4 Å². The van der Waals surface area contributed by atoms with E-state index in [1.165, 1.54) is 24.0 Å². The molecule has 4 nitrogen and oxygen atoms in total. The zero-order chi connectivity index (χ0) is 14.8. The summed E-state index contributed by atoms with van der Waals surface area (Å²) in [6.45, 7) is 0. The van der Waals surface area contributed by atoms with Crippen molar-refractivity contribution < 1.29 is 15.0 Å². The molecule has 1 aromatic carbocycles. The van der Waals surface area contributed by atoms with Crippen LogP contribution in [0, 0.1) is 0 Å². The molecule has 1 aromatic rings. The van der Waals surface area contributed by atoms with Gasteiger partial charge in [0.05, 0.1) is 18.2 Å². The van der Waals surface area contributed by atoms with Gasteiger partial charge >= 0.3 is 0 Å². The topological polar surface area (TPSA) is 69.6 Å². The molecule has 2 aliphatic carbocycles. The van der Waals surface area contributed by atoms with Gasteiger partial charge in [0.2, 0.25) is 0 Å². The minimum Gasteiger partial charge on any atom is -0.390 e. The summed E-state index contributed by atoms with van der Waals surface area (Å²) in [6, 6.07) is 5.55. The van der Waals surface area contributed by atoms with E-state index >= 15 is 0 Å². The quantitative estimate of drug-likeness (QED) is 0.774. The van der Waals surface area contributed by atoms with E-state index in [1.807, 2.05) is 12.1 Å². The van der Waals surface area contributed by atoms with Crippen LogP contribution in [0.1, 0.15) is 53.6 Å². The Bertz CT molecular complexity index is 529. The van der Waals surface area contributed by atoms with Gasteiger partial charge in [-0.1, -0.05) is 6.07 Å². The summed E-state index contributed by atoms with van der Waals surface area (Å²) in [5.41, 5.74) is 3.28. The van der Waals surface area contributed by atoms with Crippen molar-refractivity contribution in [1.29, 1.82) is 0 Å². The van der Waals surface area contributed by atoms with Crippen molar-refractivity contribution in [2.45, 2.75) is 63.2 Å². The number of benzene rings is 1. The van der Waals surface area contributed by atoms with E-state index < -0.39 is 12.2 Å². The molecular formula is C17H23NO3. The molecule has 1 saturated carbocycles. The molecule has 114 valence electrons. The Morgan fingerprint density at radius 1 is 1.05 bits per heavy atom. The minimum absolute atomic E-state index is 0.151. The Labute approximate surface area is 125 Å². The van der Waals surface area contributed by atoms with E-state index in [9.17, 15) is 15.0 Å². The number of carbonyl (C=O) groups is 1. The lowest BCUT2D eigenvalue weighted by atomic mass is 9.89. The van der Waals surface area contributed by atoms with Crippen LogP contribution < -0.4 is 5.32 Å². The van der Waals surface area contributed by atoms with Gasteiger partial charge in [0.1, 0.15) is 0 Å². The molecule has 1 fully saturated rings. The Morgan fingerprint density at radius 2 is 1.81 bits per heavy atom. The molecule has 4 heteroatoms. The second kappa shape index (κ2) is 6.16. The molecular weight excluding hydrogens is 266 g/mol. The molecule has 3 N–H and O–H groups in total. The molecule has 0 aliphatic heterocycles. The molecule has 3 rings (SSSR count). The molecule has 0 radical (unpaired) electrons. The zero-order valence-corrected chi connectivity index (χ0v) is 12.2. The van der Waals surface area contributed by atoms with Gasteiger partial charge in [-0.3, -0.25) is 4.79 Å². The summed E-state index contributed by atoms with van der Waals surface area (Å²) in [6.07, 6.45) is 5.12. The van der Waals surface area contributed by atoms with Crippen LogP contribution in [-0.2, 0) is 12.8 Å². The summed E-state index contributed by atoms with van der Waals surface area (Å²) in [7, 11) is 0. The third kappa shape index (κ3) is 3.11. The molecule has 0 saturated heterocycles. The Balaban J connectivity index is 1.70. The number of aliphatic hydroxyl groups is 2. The monoisotopic (exact) mass is 289 g/mol. The SMILES string of the molecule is O=C(N[C@@H]1CCC[C@@H](O)[C@@H]1O)c1ccc2c(c1)CCCC2. The lowest BCUT2D eigenvalue weighted by Crippen LogP contribution is -2.51. The van der Waals surface area contributed by atoms with E-state index in [-0.39, 0.29) is 11.9 Å². The number of hydrogen-bond acceptors (Lipinski definition) is 3. The highest BCUT2D eigenvalue weighted by Gasteiger charge is 2.31. The first kappa shape index (κ1) is 14.5. The summed E-state index contributed by atoms with van der Waals surface area (Å²) < 4.78 is 0. The van der Waals surface area contributed by atoms with Crippen molar-refractivity contribution in [1.82, 2.24) is 5.32 Å². The normalized spacial score (nSPS) is 28.8. The third-order valence-electron chi connectivity index (χ3n) is 4.75. The number of aliphatic hydroxyl groups excluding tert-OH is 2. The molecule has 0 aromatic heterocycles. The van der Waals surface area contributed by atoms with Gasteiger partial charge < -0.3 is 15.5 Å². The molecule has 3 atom stereocenters. The number of rotatable bonds is 2. The van der Waals surface area contributed by atoms with Crippen LogP contribution in [0.5, 0.6) is 0 Å². The first-order valence-electron chi connectivity index (χ1n) is 7.94. The number of nitrogens with one attached hydrogen (secondary N) is 1. The van der Waals surface area contributed by atoms with Crippen LogP contribution in [0.15, 0.2) is 18.2 Å². The van der Waals surface area contributed by atoms with Gasteiger partial charge in [-0.15, -0.1) is 0 Å². The van der Waals surface area contributed by atoms with Crippen molar-refractivity contribution in [3.8, 4) is 0 Å². The predicted octanol–water partition coefficient (Wildman–Crippen LogP) is 1.57. The highest BCUT2D eigenvalue weighted by Crippen LogP contribution is 2.23. The predicted molar refractivity (Wildman–Crippen MR) is 80.2 cm³/mol. The summed E-state index contributed by atoms with van der Waals surface area (Å²) in [5, 5.41) is 22.5. The maximum Gasteiger partial charge on any atom is 0.251 e. The average Bonchev–Trinajstić information content (AvgIpc) is 2.51. The van der Waals surface area contributed by atoms with Gasteiger partial charge in [-0.05, 0) is 68.2 Å². The standard InChI is InChI=1S/C17H23NO3/c19-15-7-3-6-14(16(15)20)18-17(21)13-9-8-11-4-1-2-5-12(11)10-13/h8-10,14-16,19-20H,1-7H2,(H,18,21)/t14-,15-,16-/m1/s1. The fraction of sp³-hybridized carbons (Fsp3) is 0.588. The van der Waals surface area contributed by atoms with Crippen LogP contribution >= 0.6 is 0 Å². The maximum absolute atomic E-state index is 12.3. The average molecular weight is 289 g/mol.